The second-order valence-corrected chi connectivity index (χ2v) is 6.29. The molecule has 1 fully saturated rings. The normalized spacial score (nSPS) is 25.3. The van der Waals surface area contributed by atoms with Gasteiger partial charge in [-0.2, -0.15) is 0 Å². The van der Waals surface area contributed by atoms with E-state index in [9.17, 15) is 0 Å². The van der Waals surface area contributed by atoms with Crippen LogP contribution in [0.3, 0.4) is 0 Å². The predicted molar refractivity (Wildman–Crippen MR) is 80.5 cm³/mol. The summed E-state index contributed by atoms with van der Waals surface area (Å²) >= 11 is 3.61. The van der Waals surface area contributed by atoms with Crippen molar-refractivity contribution in [3.05, 3.63) is 33.8 Å². The van der Waals surface area contributed by atoms with E-state index in [0.29, 0.717) is 12.0 Å². The molecule has 1 saturated heterocycles. The van der Waals surface area contributed by atoms with Gasteiger partial charge in [-0.15, -0.1) is 0 Å². The molecule has 1 aliphatic heterocycles. The average Bonchev–Trinajstić information content (AvgIpc) is 2.36. The Labute approximate surface area is 119 Å². The first-order chi connectivity index (χ1) is 8.60. The van der Waals surface area contributed by atoms with Gasteiger partial charge in [-0.25, -0.2) is 0 Å². The highest BCUT2D eigenvalue weighted by Crippen LogP contribution is 2.22. The molecule has 100 valence electrons. The molecule has 1 aliphatic rings. The molecule has 1 heterocycles. The summed E-state index contributed by atoms with van der Waals surface area (Å²) < 4.78 is 1.21. The number of aryl methyl sites for hydroxylation is 1. The lowest BCUT2D eigenvalue weighted by Crippen LogP contribution is -2.46. The molecule has 0 aromatic heterocycles. The van der Waals surface area contributed by atoms with E-state index >= 15 is 0 Å². The van der Waals surface area contributed by atoms with E-state index < -0.39 is 0 Å². The topological polar surface area (TPSA) is 29.3 Å². The Morgan fingerprint density at radius 2 is 2.22 bits per heavy atom. The minimum Gasteiger partial charge on any atom is -0.327 e. The molecule has 0 saturated carbocycles. The van der Waals surface area contributed by atoms with E-state index in [0.717, 1.165) is 26.1 Å². The van der Waals surface area contributed by atoms with Gasteiger partial charge in [0.1, 0.15) is 0 Å². The van der Waals surface area contributed by atoms with Crippen molar-refractivity contribution in [2.75, 3.05) is 13.1 Å². The van der Waals surface area contributed by atoms with Crippen molar-refractivity contribution < 1.29 is 0 Å². The third-order valence-corrected chi connectivity index (χ3v) is 4.90. The van der Waals surface area contributed by atoms with Crippen LogP contribution < -0.4 is 5.73 Å². The maximum absolute atomic E-state index is 6.15. The summed E-state index contributed by atoms with van der Waals surface area (Å²) in [4.78, 5) is 2.54. The molecule has 2 N–H and O–H groups in total. The maximum atomic E-state index is 6.15. The van der Waals surface area contributed by atoms with Crippen molar-refractivity contribution in [3.63, 3.8) is 0 Å². The van der Waals surface area contributed by atoms with Crippen LogP contribution in [0, 0.1) is 12.8 Å². The summed E-state index contributed by atoms with van der Waals surface area (Å²) in [5, 5.41) is 0. The number of nitrogens with two attached hydrogens (primary N) is 1. The number of benzene rings is 1. The van der Waals surface area contributed by atoms with Crippen molar-refractivity contribution in [1.82, 2.24) is 4.90 Å². The molecule has 2 rings (SSSR count). The van der Waals surface area contributed by atoms with Crippen molar-refractivity contribution in [3.8, 4) is 0 Å². The number of hydrogen-bond donors (Lipinski definition) is 1. The zero-order chi connectivity index (χ0) is 13.1. The molecule has 0 radical (unpaired) electrons. The van der Waals surface area contributed by atoms with Gasteiger partial charge < -0.3 is 5.73 Å². The molecule has 2 nitrogen and oxygen atoms in total. The van der Waals surface area contributed by atoms with Crippen LogP contribution in [-0.4, -0.2) is 24.0 Å². The lowest BCUT2D eigenvalue weighted by Gasteiger charge is -2.36. The third kappa shape index (κ3) is 3.34. The fourth-order valence-corrected chi connectivity index (χ4v) is 3.12. The van der Waals surface area contributed by atoms with Crippen LogP contribution in [0.2, 0.25) is 0 Å². The standard InChI is InChI=1S/C15H23BrN2/c1-3-13-10-18(7-6-15(13)17)9-12-5-4-11(2)14(16)8-12/h4-5,8,13,15H,3,6-7,9-10,17H2,1-2H3. The summed E-state index contributed by atoms with van der Waals surface area (Å²) in [6.07, 6.45) is 2.32. The zero-order valence-corrected chi connectivity index (χ0v) is 12.9. The first kappa shape index (κ1) is 14.0. The van der Waals surface area contributed by atoms with Crippen LogP contribution in [-0.2, 0) is 6.54 Å². The fourth-order valence-electron chi connectivity index (χ4n) is 2.69. The highest BCUT2D eigenvalue weighted by atomic mass is 79.9. The van der Waals surface area contributed by atoms with Crippen molar-refractivity contribution in [2.45, 2.75) is 39.3 Å². The first-order valence-corrected chi connectivity index (χ1v) is 7.62. The minimum absolute atomic E-state index is 0.399. The van der Waals surface area contributed by atoms with Crippen LogP contribution in [0.25, 0.3) is 0 Å². The lowest BCUT2D eigenvalue weighted by atomic mass is 9.90. The Hall–Kier alpha value is -0.380. The molecule has 1 aromatic rings. The first-order valence-electron chi connectivity index (χ1n) is 6.83. The van der Waals surface area contributed by atoms with Gasteiger partial charge in [0.2, 0.25) is 0 Å². The summed E-state index contributed by atoms with van der Waals surface area (Å²) in [7, 11) is 0. The molecule has 0 bridgehead atoms. The highest BCUT2D eigenvalue weighted by molar-refractivity contribution is 9.10. The number of nitrogens with zero attached hydrogens (tertiary/aromatic N) is 1. The lowest BCUT2D eigenvalue weighted by molar-refractivity contribution is 0.145. The van der Waals surface area contributed by atoms with Gasteiger partial charge in [-0.1, -0.05) is 41.4 Å². The summed E-state index contributed by atoms with van der Waals surface area (Å²) in [5.41, 5.74) is 8.84. The Kier molecular flexibility index (Phi) is 4.82. The molecule has 18 heavy (non-hydrogen) atoms. The Balaban J connectivity index is 1.99. The molecule has 0 aliphatic carbocycles. The molecule has 3 heteroatoms. The number of rotatable bonds is 3. The van der Waals surface area contributed by atoms with Crippen LogP contribution in [0.4, 0.5) is 0 Å². The zero-order valence-electron chi connectivity index (χ0n) is 11.3. The minimum atomic E-state index is 0.399. The van der Waals surface area contributed by atoms with Crippen molar-refractivity contribution >= 4 is 15.9 Å². The summed E-state index contributed by atoms with van der Waals surface area (Å²) in [5.74, 6) is 0.660. The van der Waals surface area contributed by atoms with Gasteiger partial charge in [0.25, 0.3) is 0 Å². The summed E-state index contributed by atoms with van der Waals surface area (Å²) in [6.45, 7) is 7.69. The average molecular weight is 311 g/mol. The number of piperidine rings is 1. The molecular weight excluding hydrogens is 288 g/mol. The predicted octanol–water partition coefficient (Wildman–Crippen LogP) is 3.32. The second-order valence-electron chi connectivity index (χ2n) is 5.44. The molecular formula is C15H23BrN2. The van der Waals surface area contributed by atoms with Gasteiger partial charge in [-0.05, 0) is 43.0 Å². The van der Waals surface area contributed by atoms with Gasteiger partial charge in [0.15, 0.2) is 0 Å². The third-order valence-electron chi connectivity index (χ3n) is 4.04. The largest absolute Gasteiger partial charge is 0.327 e. The SMILES string of the molecule is CCC1CN(Cc2ccc(C)c(Br)c2)CCC1N. The van der Waals surface area contributed by atoms with E-state index in [1.807, 2.05) is 0 Å². The Morgan fingerprint density at radius 3 is 2.89 bits per heavy atom. The van der Waals surface area contributed by atoms with E-state index in [-0.39, 0.29) is 0 Å². The Morgan fingerprint density at radius 1 is 1.44 bits per heavy atom. The smallest absolute Gasteiger partial charge is 0.0234 e. The molecule has 2 atom stereocenters. The maximum Gasteiger partial charge on any atom is 0.0234 e. The molecule has 0 spiro atoms. The van der Waals surface area contributed by atoms with E-state index in [2.05, 4.69) is 52.9 Å². The number of hydrogen-bond acceptors (Lipinski definition) is 2. The molecule has 0 amide bonds. The van der Waals surface area contributed by atoms with Crippen molar-refractivity contribution in [2.24, 2.45) is 11.7 Å². The monoisotopic (exact) mass is 310 g/mol. The summed E-state index contributed by atoms with van der Waals surface area (Å²) in [6, 6.07) is 7.06. The van der Waals surface area contributed by atoms with Gasteiger partial charge >= 0.3 is 0 Å². The van der Waals surface area contributed by atoms with Crippen LogP contribution >= 0.6 is 15.9 Å². The second kappa shape index (κ2) is 6.18. The highest BCUT2D eigenvalue weighted by Gasteiger charge is 2.25. The van der Waals surface area contributed by atoms with Crippen LogP contribution in [0.1, 0.15) is 30.9 Å². The quantitative estimate of drug-likeness (QED) is 0.928. The van der Waals surface area contributed by atoms with Gasteiger partial charge in [0, 0.05) is 23.6 Å². The molecule has 2 unspecified atom stereocenters. The molecule has 1 aromatic carbocycles. The Bertz CT molecular complexity index is 405. The van der Waals surface area contributed by atoms with Crippen LogP contribution in [0.5, 0.6) is 0 Å². The van der Waals surface area contributed by atoms with Crippen molar-refractivity contribution in [1.29, 1.82) is 0 Å². The number of halogens is 1. The van der Waals surface area contributed by atoms with E-state index in [1.54, 1.807) is 0 Å². The van der Waals surface area contributed by atoms with E-state index in [1.165, 1.54) is 22.0 Å². The number of likely N-dealkylation sites (tertiary alicyclic amines) is 1. The van der Waals surface area contributed by atoms with Crippen LogP contribution in [0.15, 0.2) is 22.7 Å². The fraction of sp³-hybridized carbons (Fsp3) is 0.600. The van der Waals surface area contributed by atoms with E-state index in [4.69, 9.17) is 5.73 Å². The van der Waals surface area contributed by atoms with Gasteiger partial charge in [-0.3, -0.25) is 4.90 Å². The van der Waals surface area contributed by atoms with Gasteiger partial charge in [0.05, 0.1) is 0 Å².